The molecule has 1 aliphatic heterocycles. The zero-order valence-corrected chi connectivity index (χ0v) is 10.8. The van der Waals surface area contributed by atoms with Gasteiger partial charge in [-0.05, 0) is 31.4 Å². The Morgan fingerprint density at radius 3 is 2.95 bits per heavy atom. The SMILES string of the molecule is COCc1ccc(C(=O)N2CCCC[C@H]2C(=O)O)o1. The number of methoxy groups -OCH3 is 1. The normalized spacial score (nSPS) is 19.4. The van der Waals surface area contributed by atoms with Gasteiger partial charge in [0.15, 0.2) is 5.76 Å². The average Bonchev–Trinajstić information content (AvgIpc) is 2.87. The van der Waals surface area contributed by atoms with Crippen LogP contribution >= 0.6 is 0 Å². The van der Waals surface area contributed by atoms with Crippen LogP contribution in [-0.4, -0.2) is 41.6 Å². The van der Waals surface area contributed by atoms with Crippen molar-refractivity contribution in [3.63, 3.8) is 0 Å². The molecule has 0 unspecified atom stereocenters. The first-order valence-electron chi connectivity index (χ1n) is 6.25. The van der Waals surface area contributed by atoms with Crippen LogP contribution in [0.2, 0.25) is 0 Å². The summed E-state index contributed by atoms with van der Waals surface area (Å²) >= 11 is 0. The second-order valence-electron chi connectivity index (χ2n) is 4.55. The molecule has 0 radical (unpaired) electrons. The first kappa shape index (κ1) is 13.6. The van der Waals surface area contributed by atoms with Gasteiger partial charge in [-0.2, -0.15) is 0 Å². The third-order valence-electron chi connectivity index (χ3n) is 3.21. The number of carbonyl (C=O) groups is 2. The number of hydrogen-bond donors (Lipinski definition) is 1. The first-order chi connectivity index (χ1) is 9.13. The zero-order chi connectivity index (χ0) is 13.8. The monoisotopic (exact) mass is 267 g/mol. The molecule has 0 saturated carbocycles. The number of hydrogen-bond acceptors (Lipinski definition) is 4. The summed E-state index contributed by atoms with van der Waals surface area (Å²) in [5, 5.41) is 9.15. The maximum atomic E-state index is 12.3. The molecule has 1 N–H and O–H groups in total. The Morgan fingerprint density at radius 2 is 2.26 bits per heavy atom. The predicted octanol–water partition coefficient (Wildman–Crippen LogP) is 1.51. The summed E-state index contributed by atoms with van der Waals surface area (Å²) in [5.41, 5.74) is 0. The van der Waals surface area contributed by atoms with E-state index in [-0.39, 0.29) is 18.3 Å². The molecule has 0 bridgehead atoms. The van der Waals surface area contributed by atoms with E-state index in [9.17, 15) is 9.59 Å². The summed E-state index contributed by atoms with van der Waals surface area (Å²) in [6, 6.07) is 2.47. The van der Waals surface area contributed by atoms with E-state index in [1.165, 1.54) is 12.0 Å². The van der Waals surface area contributed by atoms with Crippen molar-refractivity contribution in [2.75, 3.05) is 13.7 Å². The largest absolute Gasteiger partial charge is 0.480 e. The van der Waals surface area contributed by atoms with E-state index in [2.05, 4.69) is 0 Å². The molecule has 104 valence electrons. The van der Waals surface area contributed by atoms with Crippen molar-refractivity contribution < 1.29 is 23.8 Å². The van der Waals surface area contributed by atoms with Gasteiger partial charge < -0.3 is 19.2 Å². The van der Waals surface area contributed by atoms with E-state index < -0.39 is 12.0 Å². The lowest BCUT2D eigenvalue weighted by atomic mass is 10.0. The van der Waals surface area contributed by atoms with E-state index in [4.69, 9.17) is 14.3 Å². The minimum atomic E-state index is -0.961. The second-order valence-corrected chi connectivity index (χ2v) is 4.55. The minimum absolute atomic E-state index is 0.167. The molecule has 2 rings (SSSR count). The van der Waals surface area contributed by atoms with E-state index in [0.717, 1.165) is 12.8 Å². The fourth-order valence-corrected chi connectivity index (χ4v) is 2.29. The lowest BCUT2D eigenvalue weighted by Crippen LogP contribution is -2.47. The van der Waals surface area contributed by atoms with Gasteiger partial charge in [-0.3, -0.25) is 4.79 Å². The topological polar surface area (TPSA) is 80.0 Å². The Kier molecular flexibility index (Phi) is 4.21. The number of carboxylic acid groups (broad SMARTS) is 1. The number of likely N-dealkylation sites (tertiary alicyclic amines) is 1. The van der Waals surface area contributed by atoms with Crippen LogP contribution in [0.4, 0.5) is 0 Å². The summed E-state index contributed by atoms with van der Waals surface area (Å²) in [5.74, 6) is -0.610. The third-order valence-corrected chi connectivity index (χ3v) is 3.21. The van der Waals surface area contributed by atoms with Crippen LogP contribution in [-0.2, 0) is 16.1 Å². The zero-order valence-electron chi connectivity index (χ0n) is 10.8. The van der Waals surface area contributed by atoms with Gasteiger partial charge >= 0.3 is 5.97 Å². The number of furan rings is 1. The molecule has 1 atom stereocenters. The number of rotatable bonds is 4. The molecule has 1 amide bonds. The average molecular weight is 267 g/mol. The van der Waals surface area contributed by atoms with Gasteiger partial charge in [-0.1, -0.05) is 0 Å². The predicted molar refractivity (Wildman–Crippen MR) is 65.7 cm³/mol. The highest BCUT2D eigenvalue weighted by molar-refractivity contribution is 5.94. The number of carbonyl (C=O) groups excluding carboxylic acids is 1. The highest BCUT2D eigenvalue weighted by atomic mass is 16.5. The number of carboxylic acids is 1. The van der Waals surface area contributed by atoms with E-state index in [1.54, 1.807) is 12.1 Å². The molecule has 0 aromatic carbocycles. The molecular formula is C13H17NO5. The van der Waals surface area contributed by atoms with Gasteiger partial charge in [-0.25, -0.2) is 4.79 Å². The van der Waals surface area contributed by atoms with Gasteiger partial charge in [0, 0.05) is 13.7 Å². The highest BCUT2D eigenvalue weighted by Gasteiger charge is 2.33. The van der Waals surface area contributed by atoms with Gasteiger partial charge in [0.1, 0.15) is 18.4 Å². The van der Waals surface area contributed by atoms with E-state index in [1.807, 2.05) is 0 Å². The Hall–Kier alpha value is -1.82. The molecule has 1 fully saturated rings. The van der Waals surface area contributed by atoms with E-state index in [0.29, 0.717) is 18.7 Å². The number of aliphatic carboxylic acids is 1. The number of nitrogens with zero attached hydrogens (tertiary/aromatic N) is 1. The van der Waals surface area contributed by atoms with Crippen LogP contribution in [0.3, 0.4) is 0 Å². The van der Waals surface area contributed by atoms with Crippen molar-refractivity contribution in [1.82, 2.24) is 4.90 Å². The minimum Gasteiger partial charge on any atom is -0.480 e. The standard InChI is InChI=1S/C13H17NO5/c1-18-8-9-5-6-11(19-9)12(15)14-7-3-2-4-10(14)13(16)17/h5-6,10H,2-4,7-8H2,1H3,(H,16,17)/t10-/m0/s1. The van der Waals surface area contributed by atoms with Crippen LogP contribution in [0.5, 0.6) is 0 Å². The fraction of sp³-hybridized carbons (Fsp3) is 0.538. The molecule has 6 nitrogen and oxygen atoms in total. The van der Waals surface area contributed by atoms with E-state index >= 15 is 0 Å². The molecule has 0 spiro atoms. The third kappa shape index (κ3) is 2.96. The molecule has 1 aliphatic rings. The lowest BCUT2D eigenvalue weighted by Gasteiger charge is -2.32. The molecule has 1 aromatic heterocycles. The van der Waals surface area contributed by atoms with Crippen molar-refractivity contribution in [2.24, 2.45) is 0 Å². The summed E-state index contributed by atoms with van der Waals surface area (Å²) < 4.78 is 10.3. The Bertz CT molecular complexity index is 467. The number of ether oxygens (including phenoxy) is 1. The lowest BCUT2D eigenvalue weighted by molar-refractivity contribution is -0.143. The highest BCUT2D eigenvalue weighted by Crippen LogP contribution is 2.21. The number of amides is 1. The maximum Gasteiger partial charge on any atom is 0.326 e. The smallest absolute Gasteiger partial charge is 0.326 e. The van der Waals surface area contributed by atoms with Crippen LogP contribution in [0, 0.1) is 0 Å². The molecule has 1 saturated heterocycles. The van der Waals surface area contributed by atoms with Gasteiger partial charge in [0.25, 0.3) is 5.91 Å². The van der Waals surface area contributed by atoms with Crippen molar-refractivity contribution in [3.8, 4) is 0 Å². The van der Waals surface area contributed by atoms with Crippen LogP contribution < -0.4 is 0 Å². The van der Waals surface area contributed by atoms with Crippen LogP contribution in [0.1, 0.15) is 35.6 Å². The van der Waals surface area contributed by atoms with Gasteiger partial charge in [-0.15, -0.1) is 0 Å². The summed E-state index contributed by atoms with van der Waals surface area (Å²) in [6.07, 6.45) is 2.14. The summed E-state index contributed by atoms with van der Waals surface area (Å²) in [6.45, 7) is 0.742. The summed E-state index contributed by atoms with van der Waals surface area (Å²) in [7, 11) is 1.54. The maximum absolute atomic E-state index is 12.3. The van der Waals surface area contributed by atoms with Gasteiger partial charge in [0.2, 0.25) is 0 Å². The second kappa shape index (κ2) is 5.88. The summed E-state index contributed by atoms with van der Waals surface area (Å²) in [4.78, 5) is 24.8. The Labute approximate surface area is 110 Å². The molecule has 0 aliphatic carbocycles. The quantitative estimate of drug-likeness (QED) is 0.894. The van der Waals surface area contributed by atoms with Crippen molar-refractivity contribution in [2.45, 2.75) is 31.9 Å². The molecular weight excluding hydrogens is 250 g/mol. The molecule has 2 heterocycles. The van der Waals surface area contributed by atoms with Crippen molar-refractivity contribution >= 4 is 11.9 Å². The van der Waals surface area contributed by atoms with Crippen molar-refractivity contribution in [3.05, 3.63) is 23.7 Å². The van der Waals surface area contributed by atoms with Crippen LogP contribution in [0.15, 0.2) is 16.5 Å². The van der Waals surface area contributed by atoms with Crippen LogP contribution in [0.25, 0.3) is 0 Å². The Morgan fingerprint density at radius 1 is 1.47 bits per heavy atom. The fourth-order valence-electron chi connectivity index (χ4n) is 2.29. The van der Waals surface area contributed by atoms with Crippen molar-refractivity contribution in [1.29, 1.82) is 0 Å². The Balaban J connectivity index is 2.14. The number of piperidine rings is 1. The molecule has 1 aromatic rings. The first-order valence-corrected chi connectivity index (χ1v) is 6.25. The molecule has 19 heavy (non-hydrogen) atoms. The van der Waals surface area contributed by atoms with Gasteiger partial charge in [0.05, 0.1) is 0 Å². The molecule has 6 heteroatoms.